The topological polar surface area (TPSA) is 99.6 Å². The van der Waals surface area contributed by atoms with Crippen LogP contribution in [0, 0.1) is 0 Å². The summed E-state index contributed by atoms with van der Waals surface area (Å²) in [6.45, 7) is 1.65. The number of primary amides is 1. The van der Waals surface area contributed by atoms with Crippen LogP contribution in [0.25, 0.3) is 10.9 Å². The summed E-state index contributed by atoms with van der Waals surface area (Å²) >= 11 is 6.77. The highest BCUT2D eigenvalue weighted by Crippen LogP contribution is 2.22. The van der Waals surface area contributed by atoms with Crippen molar-refractivity contribution in [2.75, 3.05) is 6.61 Å². The number of hydrogen-bond donors (Lipinski definition) is 1. The van der Waals surface area contributed by atoms with Gasteiger partial charge in [0.25, 0.3) is 11.5 Å². The monoisotopic (exact) mass is 506 g/mol. The molecule has 144 valence electrons. The first kappa shape index (κ1) is 20.2. The Bertz CT molecular complexity index is 1140. The maximum atomic E-state index is 12.9. The molecule has 0 aliphatic heterocycles. The van der Waals surface area contributed by atoms with Crippen LogP contribution < -0.4 is 16.0 Å². The Balaban J connectivity index is 2.08. The highest BCUT2D eigenvalue weighted by molar-refractivity contribution is 9.10. The molecule has 0 bridgehead atoms. The summed E-state index contributed by atoms with van der Waals surface area (Å²) in [6, 6.07) is 10.6. The van der Waals surface area contributed by atoms with Crippen LogP contribution in [0.2, 0.25) is 0 Å². The van der Waals surface area contributed by atoms with E-state index in [1.807, 2.05) is 13.0 Å². The van der Waals surface area contributed by atoms with E-state index in [4.69, 9.17) is 10.5 Å². The molecule has 2 aromatic carbocycles. The molecule has 0 radical (unpaired) electrons. The summed E-state index contributed by atoms with van der Waals surface area (Å²) in [5.74, 6) is 0.374. The first-order chi connectivity index (χ1) is 13.4. The number of carbonyl (C=O) groups excluding carboxylic acids is 1. The summed E-state index contributed by atoms with van der Waals surface area (Å²) in [7, 11) is 0. The van der Waals surface area contributed by atoms with Crippen molar-refractivity contribution in [2.24, 2.45) is 10.8 Å². The van der Waals surface area contributed by atoms with Crippen LogP contribution in [-0.2, 0) is 11.2 Å². The number of nitrogens with zero attached hydrogens (tertiary/aromatic N) is 3. The Labute approximate surface area is 177 Å². The molecule has 3 aromatic rings. The number of aryl methyl sites for hydroxylation is 1. The van der Waals surface area contributed by atoms with Gasteiger partial charge in [-0.25, -0.2) is 4.98 Å². The van der Waals surface area contributed by atoms with Gasteiger partial charge in [0, 0.05) is 20.9 Å². The minimum absolute atomic E-state index is 0.256. The van der Waals surface area contributed by atoms with E-state index in [-0.39, 0.29) is 12.2 Å². The molecule has 7 nitrogen and oxygen atoms in total. The van der Waals surface area contributed by atoms with Crippen LogP contribution in [0.15, 0.2) is 55.2 Å². The molecule has 0 saturated heterocycles. The Morgan fingerprint density at radius 3 is 2.68 bits per heavy atom. The van der Waals surface area contributed by atoms with E-state index < -0.39 is 5.91 Å². The third kappa shape index (κ3) is 4.48. The van der Waals surface area contributed by atoms with E-state index >= 15 is 0 Å². The zero-order valence-electron chi connectivity index (χ0n) is 14.9. The molecule has 1 amide bonds. The van der Waals surface area contributed by atoms with Gasteiger partial charge < -0.3 is 10.5 Å². The van der Waals surface area contributed by atoms with Crippen LogP contribution >= 0.6 is 31.9 Å². The molecule has 0 aliphatic rings. The molecule has 0 aliphatic carbocycles. The van der Waals surface area contributed by atoms with Crippen LogP contribution in [0.3, 0.4) is 0 Å². The molecule has 0 saturated carbocycles. The molecule has 2 N–H and O–H groups in total. The number of hydrogen-bond acceptors (Lipinski definition) is 5. The fourth-order valence-electron chi connectivity index (χ4n) is 2.56. The van der Waals surface area contributed by atoms with Crippen LogP contribution in [0.5, 0.6) is 5.75 Å². The molecular weight excluding hydrogens is 492 g/mol. The van der Waals surface area contributed by atoms with E-state index in [9.17, 15) is 9.59 Å². The SMILES string of the molecule is CCc1nc2ccc(Br)cc2c(=O)n1N=Cc1cc(Br)ccc1OCC(N)=O. The predicted octanol–water partition coefficient (Wildman–Crippen LogP) is 3.23. The van der Waals surface area contributed by atoms with Gasteiger partial charge in [-0.3, -0.25) is 9.59 Å². The van der Waals surface area contributed by atoms with Gasteiger partial charge in [0.15, 0.2) is 6.61 Å². The van der Waals surface area contributed by atoms with E-state index in [1.54, 1.807) is 30.3 Å². The second-order valence-corrected chi connectivity index (χ2v) is 7.67. The molecule has 28 heavy (non-hydrogen) atoms. The van der Waals surface area contributed by atoms with E-state index in [1.165, 1.54) is 10.9 Å². The second kappa shape index (κ2) is 8.66. The fourth-order valence-corrected chi connectivity index (χ4v) is 3.30. The largest absolute Gasteiger partial charge is 0.483 e. The molecule has 0 unspecified atom stereocenters. The first-order valence-corrected chi connectivity index (χ1v) is 9.94. The smallest absolute Gasteiger partial charge is 0.282 e. The zero-order chi connectivity index (χ0) is 20.3. The van der Waals surface area contributed by atoms with E-state index in [0.29, 0.717) is 34.5 Å². The Kier molecular flexibility index (Phi) is 6.25. The standard InChI is InChI=1S/C19H16Br2N4O3/c1-2-18-24-15-5-3-13(21)8-14(15)19(27)25(18)23-9-11-7-12(20)4-6-16(11)28-10-17(22)26/h3-9H,2,10H2,1H3,(H2,22,26). The van der Waals surface area contributed by atoms with Gasteiger partial charge in [-0.1, -0.05) is 38.8 Å². The maximum Gasteiger partial charge on any atom is 0.282 e. The minimum atomic E-state index is -0.584. The van der Waals surface area contributed by atoms with Gasteiger partial charge in [-0.2, -0.15) is 9.78 Å². The summed E-state index contributed by atoms with van der Waals surface area (Å²) in [5, 5.41) is 4.80. The van der Waals surface area contributed by atoms with Gasteiger partial charge in [0.2, 0.25) is 0 Å². The molecular formula is C19H16Br2N4O3. The number of rotatable bonds is 6. The molecule has 0 fully saturated rings. The number of fused-ring (bicyclic) bond motifs is 1. The Hall–Kier alpha value is -2.52. The third-order valence-electron chi connectivity index (χ3n) is 3.85. The fraction of sp³-hybridized carbons (Fsp3) is 0.158. The normalized spacial score (nSPS) is 11.2. The molecule has 1 heterocycles. The van der Waals surface area contributed by atoms with E-state index in [2.05, 4.69) is 41.9 Å². The second-order valence-electron chi connectivity index (χ2n) is 5.84. The average molecular weight is 508 g/mol. The Morgan fingerprint density at radius 1 is 1.25 bits per heavy atom. The van der Waals surface area contributed by atoms with Gasteiger partial charge >= 0.3 is 0 Å². The average Bonchev–Trinajstić information content (AvgIpc) is 2.66. The predicted molar refractivity (Wildman–Crippen MR) is 115 cm³/mol. The van der Waals surface area contributed by atoms with Crippen LogP contribution in [0.4, 0.5) is 0 Å². The van der Waals surface area contributed by atoms with Gasteiger partial charge in [0.1, 0.15) is 11.6 Å². The highest BCUT2D eigenvalue weighted by atomic mass is 79.9. The lowest BCUT2D eigenvalue weighted by Gasteiger charge is -2.09. The number of aromatic nitrogens is 2. The van der Waals surface area contributed by atoms with Crippen molar-refractivity contribution in [2.45, 2.75) is 13.3 Å². The highest BCUT2D eigenvalue weighted by Gasteiger charge is 2.10. The summed E-state index contributed by atoms with van der Waals surface area (Å²) in [4.78, 5) is 28.5. The lowest BCUT2D eigenvalue weighted by Crippen LogP contribution is -2.22. The molecule has 1 aromatic heterocycles. The minimum Gasteiger partial charge on any atom is -0.483 e. The number of benzene rings is 2. The van der Waals surface area contributed by atoms with Crippen molar-refractivity contribution in [1.29, 1.82) is 0 Å². The van der Waals surface area contributed by atoms with Crippen molar-refractivity contribution in [1.82, 2.24) is 9.66 Å². The number of carbonyl (C=O) groups is 1. The van der Waals surface area contributed by atoms with Crippen LogP contribution in [0.1, 0.15) is 18.3 Å². The van der Waals surface area contributed by atoms with Gasteiger partial charge in [-0.15, -0.1) is 0 Å². The van der Waals surface area contributed by atoms with Crippen molar-refractivity contribution < 1.29 is 9.53 Å². The van der Waals surface area contributed by atoms with Crippen molar-refractivity contribution >= 4 is 54.9 Å². The van der Waals surface area contributed by atoms with Crippen molar-refractivity contribution in [3.05, 3.63) is 67.1 Å². The van der Waals surface area contributed by atoms with Crippen molar-refractivity contribution in [3.8, 4) is 5.75 Å². The number of nitrogens with two attached hydrogens (primary N) is 1. The number of halogens is 2. The molecule has 0 spiro atoms. The maximum absolute atomic E-state index is 12.9. The van der Waals surface area contributed by atoms with Gasteiger partial charge in [0.05, 0.1) is 17.1 Å². The Morgan fingerprint density at radius 2 is 1.96 bits per heavy atom. The summed E-state index contributed by atoms with van der Waals surface area (Å²) in [5.41, 5.74) is 6.07. The van der Waals surface area contributed by atoms with Gasteiger partial charge in [-0.05, 0) is 36.4 Å². The molecule has 9 heteroatoms. The first-order valence-electron chi connectivity index (χ1n) is 8.35. The summed E-state index contributed by atoms with van der Waals surface area (Å²) < 4.78 is 8.27. The zero-order valence-corrected chi connectivity index (χ0v) is 18.0. The van der Waals surface area contributed by atoms with Crippen molar-refractivity contribution in [3.63, 3.8) is 0 Å². The summed E-state index contributed by atoms with van der Waals surface area (Å²) in [6.07, 6.45) is 2.02. The quantitative estimate of drug-likeness (QED) is 0.517. The lowest BCUT2D eigenvalue weighted by molar-refractivity contribution is -0.119. The third-order valence-corrected chi connectivity index (χ3v) is 4.83. The number of amides is 1. The molecule has 3 rings (SSSR count). The van der Waals surface area contributed by atoms with Crippen LogP contribution in [-0.4, -0.2) is 28.4 Å². The van der Waals surface area contributed by atoms with E-state index in [0.717, 1.165) is 8.95 Å². The lowest BCUT2D eigenvalue weighted by atomic mass is 10.2. The molecule has 0 atom stereocenters. The number of ether oxygens (including phenoxy) is 1.